The highest BCUT2D eigenvalue weighted by Crippen LogP contribution is 2.16. The molecule has 23 heavy (non-hydrogen) atoms. The number of aromatic nitrogens is 2. The Labute approximate surface area is 134 Å². The number of pyridine rings is 1. The van der Waals surface area contributed by atoms with Crippen LogP contribution >= 0.6 is 0 Å². The van der Waals surface area contributed by atoms with Crippen molar-refractivity contribution in [3.63, 3.8) is 0 Å². The van der Waals surface area contributed by atoms with Gasteiger partial charge in [-0.1, -0.05) is 11.2 Å². The molecule has 1 fully saturated rings. The first-order chi connectivity index (χ1) is 11.2. The summed E-state index contributed by atoms with van der Waals surface area (Å²) >= 11 is 0. The van der Waals surface area contributed by atoms with Crippen LogP contribution in [0.4, 0.5) is 10.6 Å². The molecule has 1 saturated heterocycles. The van der Waals surface area contributed by atoms with Gasteiger partial charge in [-0.15, -0.1) is 0 Å². The fourth-order valence-corrected chi connectivity index (χ4v) is 2.58. The maximum absolute atomic E-state index is 12.6. The maximum Gasteiger partial charge on any atom is 0.323 e. The number of amides is 2. The first-order valence-corrected chi connectivity index (χ1v) is 7.70. The second kappa shape index (κ2) is 7.23. The number of rotatable bonds is 5. The molecule has 0 bridgehead atoms. The van der Waals surface area contributed by atoms with Crippen molar-refractivity contribution < 1.29 is 14.1 Å². The van der Waals surface area contributed by atoms with Crippen LogP contribution < -0.4 is 5.32 Å². The van der Waals surface area contributed by atoms with Crippen molar-refractivity contribution >= 4 is 11.8 Å². The maximum atomic E-state index is 12.6. The zero-order valence-corrected chi connectivity index (χ0v) is 13.1. The molecule has 2 aromatic rings. The molecular weight excluding hydrogens is 296 g/mol. The molecule has 7 nitrogen and oxygen atoms in total. The van der Waals surface area contributed by atoms with Crippen molar-refractivity contribution in [3.8, 4) is 0 Å². The predicted molar refractivity (Wildman–Crippen MR) is 83.9 cm³/mol. The second-order valence-corrected chi connectivity index (χ2v) is 5.63. The molecular formula is C16H20N4O3. The zero-order valence-electron chi connectivity index (χ0n) is 13.1. The average molecular weight is 316 g/mol. The number of carbonyl (C=O) groups is 1. The van der Waals surface area contributed by atoms with Gasteiger partial charge in [-0.05, 0) is 31.4 Å². The fourth-order valence-electron chi connectivity index (χ4n) is 2.58. The van der Waals surface area contributed by atoms with Crippen LogP contribution in [0.15, 0.2) is 35.1 Å². The standard InChI is InChI=1S/C16H20N4O3/c1-12-8-15(19-23-12)18-16(21)20(11-14-5-3-7-22-14)10-13-4-2-6-17-9-13/h2,4,6,8-9,14H,3,5,7,10-11H2,1H3,(H,18,19,21). The summed E-state index contributed by atoms with van der Waals surface area (Å²) in [6.07, 6.45) is 5.56. The third-order valence-corrected chi connectivity index (χ3v) is 3.69. The lowest BCUT2D eigenvalue weighted by Gasteiger charge is -2.25. The van der Waals surface area contributed by atoms with Gasteiger partial charge in [0.1, 0.15) is 5.76 Å². The normalized spacial score (nSPS) is 17.2. The van der Waals surface area contributed by atoms with Crippen molar-refractivity contribution in [3.05, 3.63) is 41.9 Å². The molecule has 2 aromatic heterocycles. The lowest BCUT2D eigenvalue weighted by molar-refractivity contribution is 0.0819. The van der Waals surface area contributed by atoms with Crippen molar-refractivity contribution in [2.45, 2.75) is 32.4 Å². The van der Waals surface area contributed by atoms with Crippen LogP contribution in [0.1, 0.15) is 24.2 Å². The highest BCUT2D eigenvalue weighted by molar-refractivity contribution is 5.88. The molecule has 1 N–H and O–H groups in total. The van der Waals surface area contributed by atoms with E-state index in [0.717, 1.165) is 25.0 Å². The van der Waals surface area contributed by atoms with Crippen LogP contribution in [-0.4, -0.2) is 40.3 Å². The van der Waals surface area contributed by atoms with E-state index in [1.54, 1.807) is 30.3 Å². The summed E-state index contributed by atoms with van der Waals surface area (Å²) in [5.74, 6) is 1.06. The number of anilines is 1. The number of nitrogens with zero attached hydrogens (tertiary/aromatic N) is 3. The minimum absolute atomic E-state index is 0.0801. The number of ether oxygens (including phenoxy) is 1. The van der Waals surface area contributed by atoms with Crippen LogP contribution in [0.2, 0.25) is 0 Å². The molecule has 1 atom stereocenters. The Morgan fingerprint density at radius 2 is 2.43 bits per heavy atom. The summed E-state index contributed by atoms with van der Waals surface area (Å²) < 4.78 is 10.6. The van der Waals surface area contributed by atoms with E-state index in [-0.39, 0.29) is 12.1 Å². The Bertz CT molecular complexity index is 638. The summed E-state index contributed by atoms with van der Waals surface area (Å²) in [7, 11) is 0. The number of aryl methyl sites for hydroxylation is 1. The first-order valence-electron chi connectivity index (χ1n) is 7.70. The first kappa shape index (κ1) is 15.5. The Morgan fingerprint density at radius 1 is 1.52 bits per heavy atom. The van der Waals surface area contributed by atoms with Gasteiger partial charge in [0.25, 0.3) is 0 Å². The molecule has 0 aromatic carbocycles. The predicted octanol–water partition coefficient (Wildman–Crippen LogP) is 2.59. The summed E-state index contributed by atoms with van der Waals surface area (Å²) in [6.45, 7) is 3.55. The average Bonchev–Trinajstić information content (AvgIpc) is 3.19. The topological polar surface area (TPSA) is 80.5 Å². The Hall–Kier alpha value is -2.41. The SMILES string of the molecule is Cc1cc(NC(=O)N(Cc2cccnc2)CC2CCCO2)no1. The van der Waals surface area contributed by atoms with Crippen molar-refractivity contribution in [1.29, 1.82) is 0 Å². The molecule has 1 aliphatic rings. The van der Waals surface area contributed by atoms with Gasteiger partial charge < -0.3 is 14.2 Å². The van der Waals surface area contributed by atoms with E-state index in [0.29, 0.717) is 24.7 Å². The molecule has 0 radical (unpaired) electrons. The number of hydrogen-bond acceptors (Lipinski definition) is 5. The van der Waals surface area contributed by atoms with E-state index in [4.69, 9.17) is 9.26 Å². The van der Waals surface area contributed by atoms with Gasteiger partial charge in [0.2, 0.25) is 0 Å². The largest absolute Gasteiger partial charge is 0.376 e. The zero-order chi connectivity index (χ0) is 16.1. The smallest absolute Gasteiger partial charge is 0.323 e. The summed E-state index contributed by atoms with van der Waals surface area (Å²) in [4.78, 5) is 18.4. The van der Waals surface area contributed by atoms with Crippen LogP contribution in [0, 0.1) is 6.92 Å². The molecule has 1 unspecified atom stereocenters. The van der Waals surface area contributed by atoms with E-state index >= 15 is 0 Å². The van der Waals surface area contributed by atoms with E-state index in [1.807, 2.05) is 12.1 Å². The van der Waals surface area contributed by atoms with E-state index in [2.05, 4.69) is 15.5 Å². The minimum atomic E-state index is -0.224. The Morgan fingerprint density at radius 3 is 3.09 bits per heavy atom. The van der Waals surface area contributed by atoms with E-state index < -0.39 is 0 Å². The Kier molecular flexibility index (Phi) is 4.87. The van der Waals surface area contributed by atoms with Gasteiger partial charge in [-0.25, -0.2) is 4.79 Å². The molecule has 0 spiro atoms. The number of carbonyl (C=O) groups excluding carboxylic acids is 1. The summed E-state index contributed by atoms with van der Waals surface area (Å²) in [5.41, 5.74) is 0.969. The molecule has 122 valence electrons. The van der Waals surface area contributed by atoms with Gasteiger partial charge in [-0.2, -0.15) is 0 Å². The van der Waals surface area contributed by atoms with Crippen molar-refractivity contribution in [2.75, 3.05) is 18.5 Å². The molecule has 0 aliphatic carbocycles. The van der Waals surface area contributed by atoms with Gasteiger partial charge in [-0.3, -0.25) is 10.3 Å². The van der Waals surface area contributed by atoms with E-state index in [1.165, 1.54) is 0 Å². The fraction of sp³-hybridized carbons (Fsp3) is 0.438. The quantitative estimate of drug-likeness (QED) is 0.917. The highest BCUT2D eigenvalue weighted by atomic mass is 16.5. The molecule has 3 rings (SSSR count). The number of hydrogen-bond donors (Lipinski definition) is 1. The Balaban J connectivity index is 1.68. The van der Waals surface area contributed by atoms with Gasteiger partial charge >= 0.3 is 6.03 Å². The van der Waals surface area contributed by atoms with Gasteiger partial charge in [0.15, 0.2) is 5.82 Å². The third-order valence-electron chi connectivity index (χ3n) is 3.69. The summed E-state index contributed by atoms with van der Waals surface area (Å²) in [6, 6.07) is 5.27. The number of nitrogens with one attached hydrogen (secondary N) is 1. The van der Waals surface area contributed by atoms with Crippen LogP contribution in [0.25, 0.3) is 0 Å². The number of urea groups is 1. The highest BCUT2D eigenvalue weighted by Gasteiger charge is 2.23. The van der Waals surface area contributed by atoms with Crippen molar-refractivity contribution in [2.24, 2.45) is 0 Å². The van der Waals surface area contributed by atoms with Gasteiger partial charge in [0.05, 0.1) is 6.10 Å². The molecule has 3 heterocycles. The minimum Gasteiger partial charge on any atom is -0.376 e. The lowest BCUT2D eigenvalue weighted by Crippen LogP contribution is -2.39. The van der Waals surface area contributed by atoms with Gasteiger partial charge in [0, 0.05) is 38.2 Å². The van der Waals surface area contributed by atoms with E-state index in [9.17, 15) is 4.79 Å². The molecule has 1 aliphatic heterocycles. The van der Waals surface area contributed by atoms with Crippen LogP contribution in [-0.2, 0) is 11.3 Å². The molecule has 2 amide bonds. The second-order valence-electron chi connectivity index (χ2n) is 5.63. The monoisotopic (exact) mass is 316 g/mol. The van der Waals surface area contributed by atoms with Crippen LogP contribution in [0.3, 0.4) is 0 Å². The molecule has 7 heteroatoms. The van der Waals surface area contributed by atoms with Crippen LogP contribution in [0.5, 0.6) is 0 Å². The third kappa shape index (κ3) is 4.29. The lowest BCUT2D eigenvalue weighted by atomic mass is 10.2. The van der Waals surface area contributed by atoms with Crippen molar-refractivity contribution in [1.82, 2.24) is 15.0 Å². The summed E-state index contributed by atoms with van der Waals surface area (Å²) in [5, 5.41) is 6.56. The molecule has 0 saturated carbocycles.